The van der Waals surface area contributed by atoms with Crippen LogP contribution in [0.4, 0.5) is 10.1 Å². The number of benzene rings is 2. The Morgan fingerprint density at radius 3 is 2.58 bits per heavy atom. The van der Waals surface area contributed by atoms with E-state index in [1.54, 1.807) is 24.3 Å². The molecule has 0 radical (unpaired) electrons. The molecule has 0 aliphatic carbocycles. The highest BCUT2D eigenvalue weighted by molar-refractivity contribution is 9.10. The molecule has 0 saturated carbocycles. The quantitative estimate of drug-likeness (QED) is 0.694. The van der Waals surface area contributed by atoms with E-state index in [0.29, 0.717) is 15.7 Å². The molecule has 0 aliphatic heterocycles. The van der Waals surface area contributed by atoms with E-state index >= 15 is 0 Å². The second-order valence-electron chi connectivity index (χ2n) is 3.94. The Labute approximate surface area is 118 Å². The highest BCUT2D eigenvalue weighted by atomic mass is 79.9. The summed E-state index contributed by atoms with van der Waals surface area (Å²) in [6.45, 7) is 0.0837. The first kappa shape index (κ1) is 13.5. The molecule has 2 aromatic carbocycles. The number of ether oxygens (including phenoxy) is 1. The third-order valence-corrected chi connectivity index (χ3v) is 3.19. The lowest BCUT2D eigenvalue weighted by atomic mass is 10.2. The maximum absolute atomic E-state index is 12.7. The Morgan fingerprint density at radius 1 is 1.21 bits per heavy atom. The molecule has 0 unspecified atom stereocenters. The standard InChI is InChI=1S/C14H11BrFNO2/c15-13-6-5-11(17)7-12(13)14(18)19-8-9-1-3-10(16)4-2-9/h1-7H,8,17H2. The van der Waals surface area contributed by atoms with Gasteiger partial charge in [-0.2, -0.15) is 0 Å². The van der Waals surface area contributed by atoms with Crippen molar-refractivity contribution >= 4 is 27.6 Å². The zero-order valence-corrected chi connectivity index (χ0v) is 11.5. The Bertz CT molecular complexity index is 599. The predicted octanol–water partition coefficient (Wildman–Crippen LogP) is 3.53. The minimum Gasteiger partial charge on any atom is -0.457 e. The van der Waals surface area contributed by atoms with Gasteiger partial charge < -0.3 is 10.5 Å². The summed E-state index contributed by atoms with van der Waals surface area (Å²) >= 11 is 3.26. The molecule has 0 atom stereocenters. The molecule has 0 aliphatic rings. The second kappa shape index (κ2) is 5.84. The number of nitrogens with two attached hydrogens (primary N) is 1. The van der Waals surface area contributed by atoms with E-state index in [-0.39, 0.29) is 12.4 Å². The molecule has 0 fully saturated rings. The molecular formula is C14H11BrFNO2. The fraction of sp³-hybridized carbons (Fsp3) is 0.0714. The van der Waals surface area contributed by atoms with Gasteiger partial charge in [-0.05, 0) is 51.8 Å². The third kappa shape index (κ3) is 3.54. The summed E-state index contributed by atoms with van der Waals surface area (Å²) in [7, 11) is 0. The third-order valence-electron chi connectivity index (χ3n) is 2.49. The molecule has 2 aromatic rings. The molecule has 5 heteroatoms. The van der Waals surface area contributed by atoms with Crippen LogP contribution in [0.15, 0.2) is 46.9 Å². The highest BCUT2D eigenvalue weighted by Crippen LogP contribution is 2.20. The molecular weight excluding hydrogens is 313 g/mol. The van der Waals surface area contributed by atoms with E-state index in [2.05, 4.69) is 15.9 Å². The zero-order valence-electron chi connectivity index (χ0n) is 9.90. The van der Waals surface area contributed by atoms with Crippen LogP contribution >= 0.6 is 15.9 Å². The molecule has 2 N–H and O–H groups in total. The van der Waals surface area contributed by atoms with Crippen molar-refractivity contribution in [2.45, 2.75) is 6.61 Å². The van der Waals surface area contributed by atoms with Gasteiger partial charge in [-0.3, -0.25) is 0 Å². The maximum Gasteiger partial charge on any atom is 0.339 e. The van der Waals surface area contributed by atoms with Crippen LogP contribution in [0.1, 0.15) is 15.9 Å². The van der Waals surface area contributed by atoms with Gasteiger partial charge >= 0.3 is 5.97 Å². The van der Waals surface area contributed by atoms with Gasteiger partial charge in [-0.15, -0.1) is 0 Å². The molecule has 3 nitrogen and oxygen atoms in total. The Balaban J connectivity index is 2.05. The van der Waals surface area contributed by atoms with Gasteiger partial charge in [0.15, 0.2) is 0 Å². The van der Waals surface area contributed by atoms with Crippen molar-refractivity contribution < 1.29 is 13.9 Å². The summed E-state index contributed by atoms with van der Waals surface area (Å²) in [4.78, 5) is 11.9. The van der Waals surface area contributed by atoms with Crippen LogP contribution in [0.3, 0.4) is 0 Å². The minimum atomic E-state index is -0.483. The molecule has 0 amide bonds. The number of carbonyl (C=O) groups excluding carboxylic acids is 1. The monoisotopic (exact) mass is 323 g/mol. The van der Waals surface area contributed by atoms with Gasteiger partial charge in [0.1, 0.15) is 12.4 Å². The van der Waals surface area contributed by atoms with Crippen molar-refractivity contribution in [3.05, 3.63) is 63.9 Å². The van der Waals surface area contributed by atoms with Gasteiger partial charge in [0.25, 0.3) is 0 Å². The van der Waals surface area contributed by atoms with Gasteiger partial charge in [0.2, 0.25) is 0 Å². The second-order valence-corrected chi connectivity index (χ2v) is 4.80. The average Bonchev–Trinajstić information content (AvgIpc) is 2.40. The normalized spacial score (nSPS) is 10.2. The average molecular weight is 324 g/mol. The van der Waals surface area contributed by atoms with E-state index in [1.807, 2.05) is 0 Å². The molecule has 0 bridgehead atoms. The number of nitrogen functional groups attached to an aromatic ring is 1. The number of carbonyl (C=O) groups is 1. The van der Waals surface area contributed by atoms with E-state index in [4.69, 9.17) is 10.5 Å². The van der Waals surface area contributed by atoms with E-state index in [1.165, 1.54) is 18.2 Å². The summed E-state index contributed by atoms with van der Waals surface area (Å²) in [6.07, 6.45) is 0. The molecule has 0 heterocycles. The van der Waals surface area contributed by atoms with Crippen molar-refractivity contribution in [1.29, 1.82) is 0 Å². The Morgan fingerprint density at radius 2 is 1.89 bits per heavy atom. The van der Waals surface area contributed by atoms with Crippen LogP contribution in [0, 0.1) is 5.82 Å². The van der Waals surface area contributed by atoms with E-state index in [9.17, 15) is 9.18 Å². The Hall–Kier alpha value is -1.88. The molecule has 0 spiro atoms. The molecule has 0 aromatic heterocycles. The summed E-state index contributed by atoms with van der Waals surface area (Å²) < 4.78 is 18.5. The number of anilines is 1. The lowest BCUT2D eigenvalue weighted by molar-refractivity contribution is 0.0471. The molecule has 2 rings (SSSR count). The lowest BCUT2D eigenvalue weighted by Gasteiger charge is -2.07. The summed E-state index contributed by atoms with van der Waals surface area (Å²) in [6, 6.07) is 10.7. The van der Waals surface area contributed by atoms with Crippen LogP contribution in [-0.4, -0.2) is 5.97 Å². The first-order chi connectivity index (χ1) is 9.06. The predicted molar refractivity (Wildman–Crippen MR) is 74.1 cm³/mol. The molecule has 0 saturated heterocycles. The molecule has 98 valence electrons. The number of esters is 1. The van der Waals surface area contributed by atoms with Gasteiger partial charge in [-0.1, -0.05) is 12.1 Å². The summed E-state index contributed by atoms with van der Waals surface area (Å²) in [5.41, 5.74) is 7.18. The highest BCUT2D eigenvalue weighted by Gasteiger charge is 2.12. The molecule has 19 heavy (non-hydrogen) atoms. The van der Waals surface area contributed by atoms with Crippen LogP contribution in [0.25, 0.3) is 0 Å². The topological polar surface area (TPSA) is 52.3 Å². The van der Waals surface area contributed by atoms with Crippen LogP contribution in [0.5, 0.6) is 0 Å². The summed E-state index contributed by atoms with van der Waals surface area (Å²) in [5.74, 6) is -0.808. The first-order valence-corrected chi connectivity index (χ1v) is 6.32. The van der Waals surface area contributed by atoms with Crippen molar-refractivity contribution in [2.24, 2.45) is 0 Å². The first-order valence-electron chi connectivity index (χ1n) is 5.53. The number of hydrogen-bond donors (Lipinski definition) is 1. The lowest BCUT2D eigenvalue weighted by Crippen LogP contribution is -2.06. The maximum atomic E-state index is 12.7. The smallest absolute Gasteiger partial charge is 0.339 e. The van der Waals surface area contributed by atoms with Crippen molar-refractivity contribution in [3.63, 3.8) is 0 Å². The van der Waals surface area contributed by atoms with E-state index in [0.717, 1.165) is 5.56 Å². The number of halogens is 2. The van der Waals surface area contributed by atoms with Crippen molar-refractivity contribution in [1.82, 2.24) is 0 Å². The zero-order chi connectivity index (χ0) is 13.8. The Kier molecular flexibility index (Phi) is 4.16. The van der Waals surface area contributed by atoms with Crippen molar-refractivity contribution in [3.8, 4) is 0 Å². The fourth-order valence-electron chi connectivity index (χ4n) is 1.51. The van der Waals surface area contributed by atoms with Gasteiger partial charge in [0.05, 0.1) is 5.56 Å². The van der Waals surface area contributed by atoms with Crippen LogP contribution < -0.4 is 5.73 Å². The SMILES string of the molecule is Nc1ccc(Br)c(C(=O)OCc2ccc(F)cc2)c1. The van der Waals surface area contributed by atoms with E-state index < -0.39 is 5.97 Å². The van der Waals surface area contributed by atoms with Crippen molar-refractivity contribution in [2.75, 3.05) is 5.73 Å². The fourth-order valence-corrected chi connectivity index (χ4v) is 1.92. The number of hydrogen-bond acceptors (Lipinski definition) is 3. The van der Waals surface area contributed by atoms with Gasteiger partial charge in [-0.25, -0.2) is 9.18 Å². The van der Waals surface area contributed by atoms with Crippen LogP contribution in [0.2, 0.25) is 0 Å². The largest absolute Gasteiger partial charge is 0.457 e. The summed E-state index contributed by atoms with van der Waals surface area (Å²) in [5, 5.41) is 0. The van der Waals surface area contributed by atoms with Crippen LogP contribution in [-0.2, 0) is 11.3 Å². The number of rotatable bonds is 3. The van der Waals surface area contributed by atoms with Gasteiger partial charge in [0, 0.05) is 10.2 Å². The minimum absolute atomic E-state index is 0.0837.